The van der Waals surface area contributed by atoms with E-state index in [0.717, 1.165) is 0 Å². The molecule has 0 atom stereocenters. The molecule has 4 rings (SSSR count). The van der Waals surface area contributed by atoms with Crippen molar-refractivity contribution >= 4 is 34.8 Å². The zero-order chi connectivity index (χ0) is 22.0. The van der Waals surface area contributed by atoms with Crippen LogP contribution in [0, 0.1) is 0 Å². The SMILES string of the molecule is COc1ccc(-c2ccc(CO)o2)cc1NC(=O)c1ccc(-c2cc(Cl)ccc2Cl)o1. The van der Waals surface area contributed by atoms with Crippen LogP contribution in [-0.2, 0) is 6.61 Å². The molecule has 0 radical (unpaired) electrons. The zero-order valence-electron chi connectivity index (χ0n) is 16.3. The van der Waals surface area contributed by atoms with Gasteiger partial charge in [-0.1, -0.05) is 23.2 Å². The Kier molecular flexibility index (Phi) is 6.04. The number of hydrogen-bond donors (Lipinski definition) is 2. The topological polar surface area (TPSA) is 84.8 Å². The van der Waals surface area contributed by atoms with E-state index in [-0.39, 0.29) is 12.4 Å². The van der Waals surface area contributed by atoms with Crippen LogP contribution in [0.4, 0.5) is 5.69 Å². The van der Waals surface area contributed by atoms with Crippen molar-refractivity contribution in [3.05, 3.63) is 82.2 Å². The largest absolute Gasteiger partial charge is 0.495 e. The van der Waals surface area contributed by atoms with Crippen LogP contribution < -0.4 is 10.1 Å². The molecule has 0 fully saturated rings. The van der Waals surface area contributed by atoms with Crippen molar-refractivity contribution in [2.24, 2.45) is 0 Å². The summed E-state index contributed by atoms with van der Waals surface area (Å²) in [5, 5.41) is 13.0. The number of carbonyl (C=O) groups excluding carboxylic acids is 1. The second-order valence-electron chi connectivity index (χ2n) is 6.58. The van der Waals surface area contributed by atoms with Gasteiger partial charge >= 0.3 is 0 Å². The molecule has 0 spiro atoms. The average molecular weight is 458 g/mol. The molecule has 0 unspecified atom stereocenters. The summed E-state index contributed by atoms with van der Waals surface area (Å²) in [7, 11) is 1.51. The summed E-state index contributed by atoms with van der Waals surface area (Å²) >= 11 is 12.3. The van der Waals surface area contributed by atoms with Crippen LogP contribution in [0.2, 0.25) is 10.0 Å². The Morgan fingerprint density at radius 3 is 2.55 bits per heavy atom. The molecule has 0 aliphatic heterocycles. The normalized spacial score (nSPS) is 10.8. The predicted molar refractivity (Wildman–Crippen MR) is 119 cm³/mol. The van der Waals surface area contributed by atoms with Crippen molar-refractivity contribution in [1.29, 1.82) is 0 Å². The highest BCUT2D eigenvalue weighted by molar-refractivity contribution is 6.35. The molecular weight excluding hydrogens is 441 g/mol. The van der Waals surface area contributed by atoms with Gasteiger partial charge in [0.15, 0.2) is 5.76 Å². The lowest BCUT2D eigenvalue weighted by Gasteiger charge is -2.11. The minimum absolute atomic E-state index is 0.0964. The Morgan fingerprint density at radius 2 is 1.81 bits per heavy atom. The highest BCUT2D eigenvalue weighted by Crippen LogP contribution is 2.34. The summed E-state index contributed by atoms with van der Waals surface area (Å²) in [4.78, 5) is 12.8. The Balaban J connectivity index is 1.60. The lowest BCUT2D eigenvalue weighted by atomic mass is 10.1. The first-order chi connectivity index (χ1) is 15.0. The molecule has 31 heavy (non-hydrogen) atoms. The van der Waals surface area contributed by atoms with Crippen LogP contribution in [0.1, 0.15) is 16.3 Å². The fourth-order valence-corrected chi connectivity index (χ4v) is 3.43. The first-order valence-corrected chi connectivity index (χ1v) is 9.98. The highest BCUT2D eigenvalue weighted by Gasteiger charge is 2.17. The van der Waals surface area contributed by atoms with Crippen LogP contribution in [0.5, 0.6) is 5.75 Å². The van der Waals surface area contributed by atoms with Crippen molar-refractivity contribution < 1.29 is 23.5 Å². The molecule has 1 amide bonds. The van der Waals surface area contributed by atoms with Crippen LogP contribution in [0.15, 0.2) is 69.5 Å². The maximum absolute atomic E-state index is 12.8. The van der Waals surface area contributed by atoms with Crippen molar-refractivity contribution in [3.8, 4) is 28.4 Å². The van der Waals surface area contributed by atoms with E-state index in [0.29, 0.717) is 49.9 Å². The summed E-state index contributed by atoms with van der Waals surface area (Å²) in [6, 6.07) is 16.9. The van der Waals surface area contributed by atoms with Gasteiger partial charge in [-0.05, 0) is 60.7 Å². The molecule has 0 bridgehead atoms. The standard InChI is InChI=1S/C23H17Cl2NO5/c1-29-21-6-2-13(19-7-4-15(12-27)30-19)10-18(21)26-23(28)22-9-8-20(31-22)16-11-14(24)3-5-17(16)25/h2-11,27H,12H2,1H3,(H,26,28). The number of ether oxygens (including phenoxy) is 1. The molecule has 0 aliphatic rings. The van der Waals surface area contributed by atoms with E-state index in [1.807, 2.05) is 0 Å². The van der Waals surface area contributed by atoms with E-state index < -0.39 is 5.91 Å². The number of methoxy groups -OCH3 is 1. The van der Waals surface area contributed by atoms with E-state index >= 15 is 0 Å². The average Bonchev–Trinajstić information content (AvgIpc) is 3.45. The van der Waals surface area contributed by atoms with Crippen molar-refractivity contribution in [1.82, 2.24) is 0 Å². The molecule has 6 nitrogen and oxygen atoms in total. The second kappa shape index (κ2) is 8.89. The van der Waals surface area contributed by atoms with E-state index in [4.69, 9.17) is 36.8 Å². The number of nitrogens with one attached hydrogen (secondary N) is 1. The third-order valence-corrected chi connectivity index (χ3v) is 5.14. The van der Waals surface area contributed by atoms with Crippen LogP contribution in [-0.4, -0.2) is 18.1 Å². The molecule has 2 heterocycles. The lowest BCUT2D eigenvalue weighted by Crippen LogP contribution is -2.11. The summed E-state index contributed by atoms with van der Waals surface area (Å²) in [6.07, 6.45) is 0. The molecule has 8 heteroatoms. The van der Waals surface area contributed by atoms with Crippen LogP contribution in [0.25, 0.3) is 22.6 Å². The van der Waals surface area contributed by atoms with E-state index in [9.17, 15) is 9.90 Å². The van der Waals surface area contributed by atoms with Gasteiger partial charge in [-0.15, -0.1) is 0 Å². The maximum atomic E-state index is 12.8. The number of amides is 1. The number of aliphatic hydroxyl groups excluding tert-OH is 1. The fraction of sp³-hybridized carbons (Fsp3) is 0.0870. The molecule has 2 N–H and O–H groups in total. The summed E-state index contributed by atoms with van der Waals surface area (Å²) in [6.45, 7) is -0.197. The molecule has 2 aromatic carbocycles. The molecular formula is C23H17Cl2NO5. The van der Waals surface area contributed by atoms with Crippen LogP contribution >= 0.6 is 23.2 Å². The molecule has 0 saturated carbocycles. The quantitative estimate of drug-likeness (QED) is 0.356. The molecule has 0 saturated heterocycles. The Hall–Kier alpha value is -3.19. The van der Waals surface area contributed by atoms with Gasteiger partial charge in [0.05, 0.1) is 17.8 Å². The van der Waals surface area contributed by atoms with Gasteiger partial charge < -0.3 is 24.0 Å². The third kappa shape index (κ3) is 4.46. The number of aliphatic hydroxyl groups is 1. The highest BCUT2D eigenvalue weighted by atomic mass is 35.5. The van der Waals surface area contributed by atoms with Crippen molar-refractivity contribution in [3.63, 3.8) is 0 Å². The summed E-state index contributed by atoms with van der Waals surface area (Å²) in [5.41, 5.74) is 1.73. The van der Waals surface area contributed by atoms with Crippen molar-refractivity contribution in [2.45, 2.75) is 6.61 Å². The van der Waals surface area contributed by atoms with Crippen molar-refractivity contribution in [2.75, 3.05) is 12.4 Å². The smallest absolute Gasteiger partial charge is 0.291 e. The summed E-state index contributed by atoms with van der Waals surface area (Å²) in [5.74, 6) is 1.52. The number of anilines is 1. The molecule has 0 aliphatic carbocycles. The minimum Gasteiger partial charge on any atom is -0.495 e. The summed E-state index contributed by atoms with van der Waals surface area (Å²) < 4.78 is 16.6. The number of hydrogen-bond acceptors (Lipinski definition) is 5. The number of halogens is 2. The Bertz CT molecular complexity index is 1240. The molecule has 2 aromatic heterocycles. The molecule has 158 valence electrons. The van der Waals surface area contributed by atoms with Gasteiger partial charge in [0.1, 0.15) is 29.6 Å². The first kappa shape index (κ1) is 21.1. The predicted octanol–water partition coefficient (Wildman–Crippen LogP) is 6.27. The van der Waals surface area contributed by atoms with E-state index in [1.54, 1.807) is 60.7 Å². The third-order valence-electron chi connectivity index (χ3n) is 4.57. The first-order valence-electron chi connectivity index (χ1n) is 9.23. The fourth-order valence-electron chi connectivity index (χ4n) is 3.05. The second-order valence-corrected chi connectivity index (χ2v) is 7.42. The van der Waals surface area contributed by atoms with E-state index in [1.165, 1.54) is 7.11 Å². The number of benzene rings is 2. The Labute approximate surface area is 188 Å². The number of carbonyl (C=O) groups is 1. The number of furan rings is 2. The van der Waals surface area contributed by atoms with E-state index in [2.05, 4.69) is 5.32 Å². The van der Waals surface area contributed by atoms with Gasteiger partial charge in [0.25, 0.3) is 5.91 Å². The van der Waals surface area contributed by atoms with Gasteiger partial charge in [-0.3, -0.25) is 4.79 Å². The molecule has 4 aromatic rings. The zero-order valence-corrected chi connectivity index (χ0v) is 17.8. The Morgan fingerprint density at radius 1 is 1.00 bits per heavy atom. The van der Waals surface area contributed by atoms with Gasteiger partial charge in [-0.2, -0.15) is 0 Å². The lowest BCUT2D eigenvalue weighted by molar-refractivity contribution is 0.0997. The maximum Gasteiger partial charge on any atom is 0.291 e. The van der Waals surface area contributed by atoms with Gasteiger partial charge in [0.2, 0.25) is 0 Å². The number of rotatable bonds is 6. The van der Waals surface area contributed by atoms with Crippen LogP contribution in [0.3, 0.4) is 0 Å². The van der Waals surface area contributed by atoms with Gasteiger partial charge in [0, 0.05) is 16.1 Å². The van der Waals surface area contributed by atoms with Gasteiger partial charge in [-0.25, -0.2) is 0 Å². The monoisotopic (exact) mass is 457 g/mol. The minimum atomic E-state index is -0.463.